The fraction of sp³-hybridized carbons (Fsp3) is 0.0500. The first kappa shape index (κ1) is 18.9. The average molecular weight is 400 g/mol. The monoisotopic (exact) mass is 399 g/mol. The zero-order chi connectivity index (χ0) is 19.2. The van der Waals surface area contributed by atoms with Crippen LogP contribution in [0.2, 0.25) is 10.0 Å². The second kappa shape index (κ2) is 8.66. The Balaban J connectivity index is 1.59. The Morgan fingerprint density at radius 2 is 1.59 bits per heavy atom. The number of hydrogen-bond acceptors (Lipinski definition) is 3. The number of nitrogens with zero attached hydrogens (tertiary/aromatic N) is 1. The first-order valence-corrected chi connectivity index (χ1v) is 8.84. The number of nitrogens with one attached hydrogen (secondary N) is 2. The van der Waals surface area contributed by atoms with Crippen LogP contribution in [0.3, 0.4) is 0 Å². The maximum absolute atomic E-state index is 12.4. The summed E-state index contributed by atoms with van der Waals surface area (Å²) < 4.78 is 0. The Bertz CT molecular complexity index is 1010. The highest BCUT2D eigenvalue weighted by atomic mass is 35.5. The van der Waals surface area contributed by atoms with E-state index in [1.165, 1.54) is 6.21 Å². The summed E-state index contributed by atoms with van der Waals surface area (Å²) in [6.45, 7) is -0.213. The van der Waals surface area contributed by atoms with E-state index in [2.05, 4.69) is 15.8 Å². The van der Waals surface area contributed by atoms with Gasteiger partial charge in [-0.2, -0.15) is 5.10 Å². The Kier molecular flexibility index (Phi) is 6.06. The third-order valence-corrected chi connectivity index (χ3v) is 4.49. The molecule has 27 heavy (non-hydrogen) atoms. The third-order valence-electron chi connectivity index (χ3n) is 3.83. The van der Waals surface area contributed by atoms with Crippen molar-refractivity contribution in [2.24, 2.45) is 5.10 Å². The van der Waals surface area contributed by atoms with Gasteiger partial charge in [0, 0.05) is 11.1 Å². The van der Waals surface area contributed by atoms with Crippen LogP contribution in [-0.2, 0) is 4.79 Å². The lowest BCUT2D eigenvalue weighted by Gasteiger charge is -2.07. The number of carbonyl (C=O) groups excluding carboxylic acids is 2. The largest absolute Gasteiger partial charge is 0.343 e. The Hall–Kier alpha value is -2.89. The van der Waals surface area contributed by atoms with Gasteiger partial charge in [-0.1, -0.05) is 65.7 Å². The molecule has 3 aromatic rings. The van der Waals surface area contributed by atoms with Gasteiger partial charge >= 0.3 is 0 Å². The summed E-state index contributed by atoms with van der Waals surface area (Å²) >= 11 is 12.0. The number of halogens is 2. The molecule has 0 saturated heterocycles. The number of carbonyl (C=O) groups is 2. The van der Waals surface area contributed by atoms with Crippen LogP contribution in [0.4, 0.5) is 0 Å². The standard InChI is InChI=1S/C20H15Cl2N3O2/c21-17-9-4-10-18(22)16(17)11-24-25-19(26)12-23-20(27)15-8-3-6-13-5-1-2-7-14(13)15/h1-11H,12H2,(H,23,27)(H,25,26)/b24-11+. The van der Waals surface area contributed by atoms with Crippen LogP contribution in [0.15, 0.2) is 65.8 Å². The Morgan fingerprint density at radius 3 is 2.37 bits per heavy atom. The molecule has 0 aliphatic heterocycles. The highest BCUT2D eigenvalue weighted by Crippen LogP contribution is 2.22. The predicted octanol–water partition coefficient (Wildman–Crippen LogP) is 4.03. The molecule has 2 N–H and O–H groups in total. The van der Waals surface area contributed by atoms with Gasteiger partial charge in [-0.3, -0.25) is 9.59 Å². The van der Waals surface area contributed by atoms with E-state index >= 15 is 0 Å². The van der Waals surface area contributed by atoms with Gasteiger partial charge < -0.3 is 5.32 Å². The topological polar surface area (TPSA) is 70.6 Å². The van der Waals surface area contributed by atoms with Crippen LogP contribution in [-0.4, -0.2) is 24.6 Å². The van der Waals surface area contributed by atoms with E-state index in [0.29, 0.717) is 21.2 Å². The molecule has 7 heteroatoms. The van der Waals surface area contributed by atoms with Crippen molar-refractivity contribution < 1.29 is 9.59 Å². The molecule has 0 atom stereocenters. The highest BCUT2D eigenvalue weighted by molar-refractivity contribution is 6.38. The van der Waals surface area contributed by atoms with Gasteiger partial charge in [0.25, 0.3) is 11.8 Å². The molecule has 0 radical (unpaired) electrons. The van der Waals surface area contributed by atoms with Gasteiger partial charge in [-0.05, 0) is 29.0 Å². The van der Waals surface area contributed by atoms with Gasteiger partial charge in [0.15, 0.2) is 0 Å². The number of rotatable bonds is 5. The Morgan fingerprint density at radius 1 is 0.926 bits per heavy atom. The highest BCUT2D eigenvalue weighted by Gasteiger charge is 2.11. The zero-order valence-electron chi connectivity index (χ0n) is 14.1. The Labute approximate surface area is 166 Å². The van der Waals surface area contributed by atoms with Crippen LogP contribution in [0.5, 0.6) is 0 Å². The van der Waals surface area contributed by atoms with Crippen molar-refractivity contribution in [1.29, 1.82) is 0 Å². The van der Waals surface area contributed by atoms with Gasteiger partial charge in [0.2, 0.25) is 0 Å². The van der Waals surface area contributed by atoms with Crippen molar-refractivity contribution in [3.63, 3.8) is 0 Å². The van der Waals surface area contributed by atoms with Gasteiger partial charge in [0.05, 0.1) is 22.8 Å². The molecule has 0 aliphatic rings. The van der Waals surface area contributed by atoms with E-state index in [4.69, 9.17) is 23.2 Å². The van der Waals surface area contributed by atoms with E-state index in [9.17, 15) is 9.59 Å². The van der Waals surface area contributed by atoms with Crippen molar-refractivity contribution in [3.8, 4) is 0 Å². The maximum atomic E-state index is 12.4. The molecule has 2 amide bonds. The molecule has 3 aromatic carbocycles. The minimum atomic E-state index is -0.469. The molecular weight excluding hydrogens is 385 g/mol. The first-order chi connectivity index (χ1) is 13.1. The van der Waals surface area contributed by atoms with Gasteiger partial charge in [0.1, 0.15) is 0 Å². The number of fused-ring (bicyclic) bond motifs is 1. The van der Waals surface area contributed by atoms with Crippen LogP contribution in [0.25, 0.3) is 10.8 Å². The number of benzene rings is 3. The SMILES string of the molecule is O=C(CNC(=O)c1cccc2ccccc12)N/N=C/c1c(Cl)cccc1Cl. The molecule has 0 saturated carbocycles. The second-order valence-corrected chi connectivity index (χ2v) is 6.45. The van der Waals surface area contributed by atoms with Crippen molar-refractivity contribution in [2.75, 3.05) is 6.54 Å². The van der Waals surface area contributed by atoms with E-state index in [0.717, 1.165) is 10.8 Å². The molecule has 0 unspecified atom stereocenters. The van der Waals surface area contributed by atoms with Crippen LogP contribution >= 0.6 is 23.2 Å². The average Bonchev–Trinajstić information content (AvgIpc) is 2.68. The maximum Gasteiger partial charge on any atom is 0.259 e. The van der Waals surface area contributed by atoms with E-state index in [1.54, 1.807) is 30.3 Å². The number of hydrogen-bond donors (Lipinski definition) is 2. The summed E-state index contributed by atoms with van der Waals surface area (Å²) in [5, 5.41) is 9.02. The molecule has 5 nitrogen and oxygen atoms in total. The van der Waals surface area contributed by atoms with Crippen LogP contribution in [0.1, 0.15) is 15.9 Å². The lowest BCUT2D eigenvalue weighted by molar-refractivity contribution is -0.120. The summed E-state index contributed by atoms with van der Waals surface area (Å²) in [6, 6.07) is 18.0. The van der Waals surface area contributed by atoms with Gasteiger partial charge in [-0.15, -0.1) is 0 Å². The van der Waals surface area contributed by atoms with Crippen LogP contribution in [0, 0.1) is 0 Å². The fourth-order valence-corrected chi connectivity index (χ4v) is 3.02. The quantitative estimate of drug-likeness (QED) is 0.502. The van der Waals surface area contributed by atoms with Gasteiger partial charge in [-0.25, -0.2) is 5.43 Å². The second-order valence-electron chi connectivity index (χ2n) is 5.64. The van der Waals surface area contributed by atoms with E-state index in [-0.39, 0.29) is 12.5 Å². The summed E-state index contributed by atoms with van der Waals surface area (Å²) in [5.74, 6) is -0.803. The zero-order valence-corrected chi connectivity index (χ0v) is 15.6. The molecule has 0 bridgehead atoms. The van der Waals surface area contributed by atoms with E-state index in [1.807, 2.05) is 30.3 Å². The lowest BCUT2D eigenvalue weighted by atomic mass is 10.0. The predicted molar refractivity (Wildman–Crippen MR) is 108 cm³/mol. The van der Waals surface area contributed by atoms with Crippen molar-refractivity contribution in [3.05, 3.63) is 81.8 Å². The molecule has 136 valence electrons. The first-order valence-electron chi connectivity index (χ1n) is 8.08. The number of amides is 2. The third kappa shape index (κ3) is 4.64. The summed E-state index contributed by atoms with van der Waals surface area (Å²) in [7, 11) is 0. The van der Waals surface area contributed by atoms with Crippen molar-refractivity contribution >= 4 is 52.0 Å². The molecular formula is C20H15Cl2N3O2. The molecule has 0 heterocycles. The smallest absolute Gasteiger partial charge is 0.259 e. The molecule has 0 aromatic heterocycles. The van der Waals surface area contributed by atoms with E-state index < -0.39 is 5.91 Å². The van der Waals surface area contributed by atoms with Crippen LogP contribution < -0.4 is 10.7 Å². The normalized spacial score (nSPS) is 10.9. The molecule has 0 fully saturated rings. The summed E-state index contributed by atoms with van der Waals surface area (Å²) in [6.07, 6.45) is 1.36. The molecule has 0 aliphatic carbocycles. The van der Waals surface area contributed by atoms with Crippen molar-refractivity contribution in [1.82, 2.24) is 10.7 Å². The van der Waals surface area contributed by atoms with Crippen molar-refractivity contribution in [2.45, 2.75) is 0 Å². The number of hydrazone groups is 1. The fourth-order valence-electron chi connectivity index (χ4n) is 2.52. The molecule has 3 rings (SSSR count). The summed E-state index contributed by atoms with van der Waals surface area (Å²) in [5.41, 5.74) is 3.34. The minimum absolute atomic E-state index is 0.213. The lowest BCUT2D eigenvalue weighted by Crippen LogP contribution is -2.35. The summed E-state index contributed by atoms with van der Waals surface area (Å²) in [4.78, 5) is 24.3. The minimum Gasteiger partial charge on any atom is -0.343 e. The molecule has 0 spiro atoms.